The van der Waals surface area contributed by atoms with Crippen molar-refractivity contribution >= 4 is 5.69 Å². The van der Waals surface area contributed by atoms with E-state index in [1.165, 1.54) is 24.1 Å². The SMILES string of the molecule is CN1CCCCc2c(C#CC(C)(C)O)cccc21. The molecule has 1 N–H and O–H groups in total. The topological polar surface area (TPSA) is 23.5 Å². The van der Waals surface area contributed by atoms with Crippen LogP contribution in [0, 0.1) is 11.8 Å². The molecule has 0 spiro atoms. The number of rotatable bonds is 0. The zero-order chi connectivity index (χ0) is 13.2. The van der Waals surface area contributed by atoms with E-state index >= 15 is 0 Å². The zero-order valence-electron chi connectivity index (χ0n) is 11.5. The molecule has 2 nitrogen and oxygen atoms in total. The molecule has 2 heteroatoms. The van der Waals surface area contributed by atoms with Crippen LogP contribution in [0.4, 0.5) is 5.69 Å². The Labute approximate surface area is 110 Å². The highest BCUT2D eigenvalue weighted by Gasteiger charge is 2.14. The minimum atomic E-state index is -0.931. The molecule has 1 aliphatic rings. The highest BCUT2D eigenvalue weighted by Crippen LogP contribution is 2.27. The van der Waals surface area contributed by atoms with Gasteiger partial charge in [0.05, 0.1) is 0 Å². The van der Waals surface area contributed by atoms with Gasteiger partial charge in [-0.25, -0.2) is 0 Å². The van der Waals surface area contributed by atoms with Crippen molar-refractivity contribution in [2.75, 3.05) is 18.5 Å². The van der Waals surface area contributed by atoms with Crippen LogP contribution in [0.3, 0.4) is 0 Å². The molecule has 0 fully saturated rings. The third-order valence-electron chi connectivity index (χ3n) is 3.24. The fourth-order valence-corrected chi connectivity index (χ4v) is 2.30. The number of hydrogen-bond acceptors (Lipinski definition) is 2. The fourth-order valence-electron chi connectivity index (χ4n) is 2.30. The number of fused-ring (bicyclic) bond motifs is 1. The van der Waals surface area contributed by atoms with Gasteiger partial charge in [0.2, 0.25) is 0 Å². The quantitative estimate of drug-likeness (QED) is 0.708. The van der Waals surface area contributed by atoms with Gasteiger partial charge in [0.15, 0.2) is 0 Å². The third kappa shape index (κ3) is 3.05. The molecule has 0 radical (unpaired) electrons. The second kappa shape index (κ2) is 5.04. The molecule has 18 heavy (non-hydrogen) atoms. The summed E-state index contributed by atoms with van der Waals surface area (Å²) in [6.07, 6.45) is 3.51. The number of anilines is 1. The van der Waals surface area contributed by atoms with Crippen molar-refractivity contribution in [1.82, 2.24) is 0 Å². The van der Waals surface area contributed by atoms with Crippen LogP contribution in [0.1, 0.15) is 37.8 Å². The van der Waals surface area contributed by atoms with Crippen molar-refractivity contribution in [2.45, 2.75) is 38.7 Å². The fraction of sp³-hybridized carbons (Fsp3) is 0.500. The molecule has 2 rings (SSSR count). The van der Waals surface area contributed by atoms with Crippen LogP contribution in [-0.4, -0.2) is 24.3 Å². The maximum atomic E-state index is 9.71. The van der Waals surface area contributed by atoms with Crippen LogP contribution in [0.2, 0.25) is 0 Å². The molecule has 1 heterocycles. The first-order valence-corrected chi connectivity index (χ1v) is 6.56. The van der Waals surface area contributed by atoms with E-state index in [1.807, 2.05) is 0 Å². The van der Waals surface area contributed by atoms with Gasteiger partial charge in [-0.2, -0.15) is 0 Å². The van der Waals surface area contributed by atoms with Crippen molar-refractivity contribution in [3.8, 4) is 11.8 Å². The Bertz CT molecular complexity index is 488. The number of benzene rings is 1. The molecule has 96 valence electrons. The molecular formula is C16H21NO. The van der Waals surface area contributed by atoms with E-state index in [1.54, 1.807) is 13.8 Å². The van der Waals surface area contributed by atoms with Gasteiger partial charge in [-0.15, -0.1) is 0 Å². The summed E-state index contributed by atoms with van der Waals surface area (Å²) in [5, 5.41) is 9.71. The summed E-state index contributed by atoms with van der Waals surface area (Å²) in [7, 11) is 2.14. The Hall–Kier alpha value is -1.46. The van der Waals surface area contributed by atoms with Crippen LogP contribution in [0.5, 0.6) is 0 Å². The van der Waals surface area contributed by atoms with E-state index in [9.17, 15) is 5.11 Å². The maximum absolute atomic E-state index is 9.71. The average molecular weight is 243 g/mol. The normalized spacial score (nSPS) is 15.4. The predicted molar refractivity (Wildman–Crippen MR) is 75.8 cm³/mol. The van der Waals surface area contributed by atoms with Crippen LogP contribution in [0.25, 0.3) is 0 Å². The van der Waals surface area contributed by atoms with E-state index in [-0.39, 0.29) is 0 Å². The summed E-state index contributed by atoms with van der Waals surface area (Å²) in [4.78, 5) is 2.30. The van der Waals surface area contributed by atoms with Gasteiger partial charge in [-0.3, -0.25) is 0 Å². The molecular weight excluding hydrogens is 222 g/mol. The van der Waals surface area contributed by atoms with Crippen LogP contribution < -0.4 is 4.90 Å². The molecule has 1 aromatic carbocycles. The van der Waals surface area contributed by atoms with Crippen LogP contribution >= 0.6 is 0 Å². The lowest BCUT2D eigenvalue weighted by molar-refractivity contribution is 0.143. The number of aliphatic hydroxyl groups is 1. The van der Waals surface area contributed by atoms with Gasteiger partial charge in [0.1, 0.15) is 5.60 Å². The second-order valence-electron chi connectivity index (χ2n) is 5.49. The monoisotopic (exact) mass is 243 g/mol. The highest BCUT2D eigenvalue weighted by molar-refractivity contribution is 5.61. The first kappa shape index (κ1) is 13.0. The summed E-state index contributed by atoms with van der Waals surface area (Å²) in [6.45, 7) is 4.54. The molecule has 0 unspecified atom stereocenters. The van der Waals surface area contributed by atoms with Gasteiger partial charge in [-0.05, 0) is 50.8 Å². The summed E-state index contributed by atoms with van der Waals surface area (Å²) >= 11 is 0. The Balaban J connectivity index is 2.43. The number of nitrogens with zero attached hydrogens (tertiary/aromatic N) is 1. The van der Waals surface area contributed by atoms with Crippen LogP contribution in [0.15, 0.2) is 18.2 Å². The van der Waals surface area contributed by atoms with Crippen molar-refractivity contribution in [1.29, 1.82) is 0 Å². The predicted octanol–water partition coefficient (Wildman–Crippen LogP) is 2.58. The van der Waals surface area contributed by atoms with Gasteiger partial charge in [0.25, 0.3) is 0 Å². The third-order valence-corrected chi connectivity index (χ3v) is 3.24. The summed E-state index contributed by atoms with van der Waals surface area (Å²) in [5.41, 5.74) is 2.74. The van der Waals surface area contributed by atoms with Crippen LogP contribution in [-0.2, 0) is 6.42 Å². The first-order chi connectivity index (χ1) is 8.47. The standard InChI is InChI=1S/C16H21NO/c1-16(2,18)11-10-13-7-6-9-15-14(13)8-4-5-12-17(15)3/h6-7,9,18H,4-5,8,12H2,1-3H3. The number of hydrogen-bond donors (Lipinski definition) is 1. The minimum Gasteiger partial charge on any atom is -0.378 e. The molecule has 1 aromatic rings. The Morgan fingerprint density at radius 3 is 2.78 bits per heavy atom. The van der Waals surface area contributed by atoms with E-state index in [0.29, 0.717) is 0 Å². The highest BCUT2D eigenvalue weighted by atomic mass is 16.3. The lowest BCUT2D eigenvalue weighted by Gasteiger charge is -2.19. The second-order valence-corrected chi connectivity index (χ2v) is 5.49. The van der Waals surface area contributed by atoms with Gasteiger partial charge < -0.3 is 10.0 Å². The van der Waals surface area contributed by atoms with E-state index in [2.05, 4.69) is 42.0 Å². The largest absolute Gasteiger partial charge is 0.378 e. The Kier molecular flexibility index (Phi) is 3.63. The van der Waals surface area contributed by atoms with Crippen molar-refractivity contribution < 1.29 is 5.11 Å². The summed E-state index contributed by atoms with van der Waals surface area (Å²) in [6, 6.07) is 6.27. The van der Waals surface area contributed by atoms with Crippen molar-refractivity contribution in [2.24, 2.45) is 0 Å². The van der Waals surface area contributed by atoms with Crippen molar-refractivity contribution in [3.63, 3.8) is 0 Å². The molecule has 0 aliphatic carbocycles. The van der Waals surface area contributed by atoms with E-state index in [0.717, 1.165) is 18.5 Å². The molecule has 0 aromatic heterocycles. The minimum absolute atomic E-state index is 0.931. The Morgan fingerprint density at radius 2 is 2.06 bits per heavy atom. The molecule has 0 amide bonds. The van der Waals surface area contributed by atoms with Crippen molar-refractivity contribution in [3.05, 3.63) is 29.3 Å². The van der Waals surface area contributed by atoms with Gasteiger partial charge >= 0.3 is 0 Å². The lowest BCUT2D eigenvalue weighted by atomic mass is 10.00. The maximum Gasteiger partial charge on any atom is 0.120 e. The zero-order valence-corrected chi connectivity index (χ0v) is 11.5. The molecule has 1 aliphatic heterocycles. The molecule has 0 saturated carbocycles. The molecule has 0 atom stereocenters. The van der Waals surface area contributed by atoms with Gasteiger partial charge in [-0.1, -0.05) is 17.9 Å². The van der Waals surface area contributed by atoms with Gasteiger partial charge in [0, 0.05) is 24.8 Å². The first-order valence-electron chi connectivity index (χ1n) is 6.56. The summed E-state index contributed by atoms with van der Waals surface area (Å²) < 4.78 is 0. The Morgan fingerprint density at radius 1 is 1.28 bits per heavy atom. The summed E-state index contributed by atoms with van der Waals surface area (Å²) in [5.74, 6) is 6.04. The molecule has 0 bridgehead atoms. The average Bonchev–Trinajstić information content (AvgIpc) is 2.49. The smallest absolute Gasteiger partial charge is 0.120 e. The lowest BCUT2D eigenvalue weighted by Crippen LogP contribution is -2.18. The van der Waals surface area contributed by atoms with E-state index < -0.39 is 5.60 Å². The van der Waals surface area contributed by atoms with E-state index in [4.69, 9.17) is 0 Å². The molecule has 0 saturated heterocycles.